The lowest BCUT2D eigenvalue weighted by atomic mass is 9.82. The molecule has 1 N–H and O–H groups in total. The Kier molecular flexibility index (Phi) is 3.28. The van der Waals surface area contributed by atoms with Crippen LogP contribution in [0.25, 0.3) is 0 Å². The zero-order valence-electron chi connectivity index (χ0n) is 11.2. The Labute approximate surface area is 113 Å². The van der Waals surface area contributed by atoms with E-state index in [1.54, 1.807) is 7.11 Å². The number of amides is 1. The zero-order chi connectivity index (χ0) is 13.2. The first-order valence-corrected chi connectivity index (χ1v) is 6.93. The van der Waals surface area contributed by atoms with E-state index < -0.39 is 0 Å². The van der Waals surface area contributed by atoms with Crippen molar-refractivity contribution in [3.8, 4) is 5.75 Å². The van der Waals surface area contributed by atoms with E-state index in [9.17, 15) is 4.79 Å². The van der Waals surface area contributed by atoms with E-state index in [4.69, 9.17) is 4.74 Å². The first kappa shape index (κ1) is 12.3. The fourth-order valence-electron chi connectivity index (χ4n) is 3.05. The maximum atomic E-state index is 12.3. The number of ether oxygens (including phenoxy) is 1. The summed E-state index contributed by atoms with van der Waals surface area (Å²) >= 11 is 0. The molecule has 3 nitrogen and oxygen atoms in total. The molecule has 3 heteroatoms. The number of nitrogens with one attached hydrogen (secondary N) is 1. The number of methoxy groups -OCH3 is 1. The van der Waals surface area contributed by atoms with Crippen molar-refractivity contribution < 1.29 is 9.53 Å². The minimum absolute atomic E-state index is 0.0630. The fourth-order valence-corrected chi connectivity index (χ4v) is 3.05. The van der Waals surface area contributed by atoms with Crippen molar-refractivity contribution in [3.63, 3.8) is 0 Å². The van der Waals surface area contributed by atoms with Gasteiger partial charge in [-0.3, -0.25) is 4.79 Å². The van der Waals surface area contributed by atoms with Crippen LogP contribution < -0.4 is 10.1 Å². The van der Waals surface area contributed by atoms with Crippen LogP contribution in [-0.2, 0) is 4.79 Å². The lowest BCUT2D eigenvalue weighted by Gasteiger charge is -2.30. The minimum Gasteiger partial charge on any atom is -0.497 e. The highest BCUT2D eigenvalue weighted by Crippen LogP contribution is 2.36. The molecule has 1 aliphatic heterocycles. The lowest BCUT2D eigenvalue weighted by Crippen LogP contribution is -2.35. The number of carbonyl (C=O) groups excluding carboxylic acids is 1. The van der Waals surface area contributed by atoms with Crippen LogP contribution in [0.15, 0.2) is 35.5 Å². The topological polar surface area (TPSA) is 38.3 Å². The van der Waals surface area contributed by atoms with E-state index in [-0.39, 0.29) is 11.8 Å². The highest BCUT2D eigenvalue weighted by atomic mass is 16.5. The molecule has 0 saturated heterocycles. The number of hydrogen-bond acceptors (Lipinski definition) is 2. The van der Waals surface area contributed by atoms with Crippen LogP contribution in [0.4, 0.5) is 0 Å². The number of rotatable bonds is 2. The molecular formula is C16H19NO2. The summed E-state index contributed by atoms with van der Waals surface area (Å²) in [6.07, 6.45) is 5.48. The van der Waals surface area contributed by atoms with Gasteiger partial charge in [0.1, 0.15) is 5.75 Å². The Morgan fingerprint density at radius 2 is 2.11 bits per heavy atom. The quantitative estimate of drug-likeness (QED) is 0.884. The van der Waals surface area contributed by atoms with Crippen molar-refractivity contribution in [2.45, 2.75) is 38.0 Å². The third-order valence-electron chi connectivity index (χ3n) is 4.12. The second-order valence-corrected chi connectivity index (χ2v) is 5.31. The van der Waals surface area contributed by atoms with E-state index in [1.165, 1.54) is 24.1 Å². The molecule has 0 bridgehead atoms. The zero-order valence-corrected chi connectivity index (χ0v) is 11.2. The van der Waals surface area contributed by atoms with Gasteiger partial charge in [-0.1, -0.05) is 12.1 Å². The molecule has 1 atom stereocenters. The second kappa shape index (κ2) is 5.08. The summed E-state index contributed by atoms with van der Waals surface area (Å²) in [6.45, 7) is 0. The molecule has 1 aliphatic carbocycles. The van der Waals surface area contributed by atoms with Gasteiger partial charge in [-0.25, -0.2) is 0 Å². The van der Waals surface area contributed by atoms with Crippen molar-refractivity contribution in [2.75, 3.05) is 7.11 Å². The van der Waals surface area contributed by atoms with Gasteiger partial charge in [0.25, 0.3) is 0 Å². The monoisotopic (exact) mass is 257 g/mol. The Morgan fingerprint density at radius 3 is 2.95 bits per heavy atom. The Bertz CT molecular complexity index is 533. The van der Waals surface area contributed by atoms with Crippen LogP contribution in [0.5, 0.6) is 5.75 Å². The van der Waals surface area contributed by atoms with Crippen LogP contribution in [-0.4, -0.2) is 13.0 Å². The first-order chi connectivity index (χ1) is 9.28. The Morgan fingerprint density at radius 1 is 1.26 bits per heavy atom. The molecule has 1 aromatic rings. The molecule has 1 aromatic carbocycles. The van der Waals surface area contributed by atoms with Gasteiger partial charge < -0.3 is 10.1 Å². The van der Waals surface area contributed by atoms with E-state index in [1.807, 2.05) is 24.3 Å². The second-order valence-electron chi connectivity index (χ2n) is 5.31. The van der Waals surface area contributed by atoms with E-state index in [0.29, 0.717) is 0 Å². The van der Waals surface area contributed by atoms with Crippen LogP contribution in [0.1, 0.15) is 43.6 Å². The van der Waals surface area contributed by atoms with E-state index in [2.05, 4.69) is 5.32 Å². The predicted molar refractivity (Wildman–Crippen MR) is 74.0 cm³/mol. The van der Waals surface area contributed by atoms with Crippen molar-refractivity contribution >= 4 is 5.91 Å². The van der Waals surface area contributed by atoms with Crippen molar-refractivity contribution in [2.24, 2.45) is 0 Å². The molecule has 2 aliphatic rings. The molecule has 0 fully saturated rings. The summed E-state index contributed by atoms with van der Waals surface area (Å²) in [7, 11) is 1.65. The molecule has 0 spiro atoms. The predicted octanol–water partition coefficient (Wildman–Crippen LogP) is 3.13. The lowest BCUT2D eigenvalue weighted by molar-refractivity contribution is -0.122. The van der Waals surface area contributed by atoms with E-state index in [0.717, 1.165) is 30.6 Å². The summed E-state index contributed by atoms with van der Waals surface area (Å²) in [5.74, 6) is 0.884. The van der Waals surface area contributed by atoms with Gasteiger partial charge in [-0.2, -0.15) is 0 Å². The minimum atomic E-state index is -0.0630. The van der Waals surface area contributed by atoms with Gasteiger partial charge >= 0.3 is 0 Å². The number of hydrogen-bond donors (Lipinski definition) is 1. The molecule has 1 amide bonds. The molecule has 1 unspecified atom stereocenters. The Hall–Kier alpha value is -1.77. The molecule has 3 rings (SSSR count). The highest BCUT2D eigenvalue weighted by Gasteiger charge is 2.30. The summed E-state index contributed by atoms with van der Waals surface area (Å²) < 4.78 is 5.24. The molecule has 19 heavy (non-hydrogen) atoms. The van der Waals surface area contributed by atoms with Gasteiger partial charge in [0.05, 0.1) is 13.0 Å². The molecule has 1 heterocycles. The summed E-state index contributed by atoms with van der Waals surface area (Å²) in [5.41, 5.74) is 3.68. The summed E-state index contributed by atoms with van der Waals surface area (Å²) in [6, 6.07) is 7.85. The highest BCUT2D eigenvalue weighted by molar-refractivity contribution is 5.87. The molecule has 0 saturated carbocycles. The average Bonchev–Trinajstić information content (AvgIpc) is 2.46. The number of benzene rings is 1. The smallest absolute Gasteiger partial charge is 0.231 e. The maximum absolute atomic E-state index is 12.3. The fraction of sp³-hybridized carbons (Fsp3) is 0.438. The van der Waals surface area contributed by atoms with Gasteiger partial charge in [0.2, 0.25) is 5.91 Å². The third kappa shape index (κ3) is 2.37. The normalized spacial score (nSPS) is 22.8. The van der Waals surface area contributed by atoms with Crippen LogP contribution >= 0.6 is 0 Å². The largest absolute Gasteiger partial charge is 0.497 e. The van der Waals surface area contributed by atoms with Crippen molar-refractivity contribution in [1.29, 1.82) is 0 Å². The van der Waals surface area contributed by atoms with Crippen molar-refractivity contribution in [1.82, 2.24) is 5.32 Å². The molecule has 100 valence electrons. The maximum Gasteiger partial charge on any atom is 0.231 e. The van der Waals surface area contributed by atoms with Gasteiger partial charge in [0, 0.05) is 5.70 Å². The van der Waals surface area contributed by atoms with Crippen molar-refractivity contribution in [3.05, 3.63) is 41.1 Å². The first-order valence-electron chi connectivity index (χ1n) is 6.93. The molecule has 0 aromatic heterocycles. The average molecular weight is 257 g/mol. The van der Waals surface area contributed by atoms with Crippen LogP contribution in [0, 0.1) is 0 Å². The van der Waals surface area contributed by atoms with Crippen LogP contribution in [0.3, 0.4) is 0 Å². The summed E-state index contributed by atoms with van der Waals surface area (Å²) in [5, 5.41) is 3.10. The number of allylic oxidation sites excluding steroid dienone is 2. The van der Waals surface area contributed by atoms with Gasteiger partial charge in [-0.15, -0.1) is 0 Å². The number of carbonyl (C=O) groups is 1. The molecule has 0 radical (unpaired) electrons. The standard InChI is InChI=1S/C16H19NO2/c1-19-13-7-4-6-11(9-13)14-10-12-5-2-3-8-15(12)17-16(14)18/h4,6-7,9,14H,2-3,5,8,10H2,1H3,(H,17,18). The molecular weight excluding hydrogens is 238 g/mol. The van der Waals surface area contributed by atoms with Gasteiger partial charge in [-0.05, 0) is 55.4 Å². The third-order valence-corrected chi connectivity index (χ3v) is 4.12. The SMILES string of the molecule is COc1cccc(C2CC3=C(CCCC3)NC2=O)c1. The van der Waals surface area contributed by atoms with Gasteiger partial charge in [0.15, 0.2) is 0 Å². The van der Waals surface area contributed by atoms with Crippen LogP contribution in [0.2, 0.25) is 0 Å². The Balaban J connectivity index is 1.89. The van der Waals surface area contributed by atoms with E-state index >= 15 is 0 Å². The summed E-state index contributed by atoms with van der Waals surface area (Å²) in [4.78, 5) is 12.3.